The highest BCUT2D eigenvalue weighted by atomic mass is 16.5. The van der Waals surface area contributed by atoms with Crippen LogP contribution in [0.3, 0.4) is 0 Å². The summed E-state index contributed by atoms with van der Waals surface area (Å²) in [6.07, 6.45) is 1.43. The highest BCUT2D eigenvalue weighted by Gasteiger charge is 2.44. The molecule has 0 radical (unpaired) electrons. The minimum Gasteiger partial charge on any atom is -0.497 e. The van der Waals surface area contributed by atoms with E-state index in [0.717, 1.165) is 34.3 Å². The largest absolute Gasteiger partial charge is 0.497 e. The molecule has 2 fully saturated rings. The Bertz CT molecular complexity index is 710. The predicted molar refractivity (Wildman–Crippen MR) is 95.8 cm³/mol. The number of urea groups is 1. The van der Waals surface area contributed by atoms with Gasteiger partial charge in [-0.1, -0.05) is 6.08 Å². The number of ether oxygens (including phenoxy) is 1. The molecule has 8 nitrogen and oxygen atoms in total. The van der Waals surface area contributed by atoms with E-state index in [1.165, 1.54) is 6.08 Å². The zero-order chi connectivity index (χ0) is 18.7. The summed E-state index contributed by atoms with van der Waals surface area (Å²) in [7, 11) is 1.63. The zero-order valence-electron chi connectivity index (χ0n) is 14.8. The van der Waals surface area contributed by atoms with Gasteiger partial charge in [0, 0.05) is 38.4 Å². The third-order valence-corrected chi connectivity index (χ3v) is 4.60. The van der Waals surface area contributed by atoms with Gasteiger partial charge in [0.2, 0.25) is 0 Å². The van der Waals surface area contributed by atoms with Crippen LogP contribution in [-0.2, 0) is 9.59 Å². The first-order valence-corrected chi connectivity index (χ1v) is 8.44. The molecule has 2 saturated heterocycles. The fourth-order valence-corrected chi connectivity index (χ4v) is 3.11. The van der Waals surface area contributed by atoms with E-state index in [9.17, 15) is 14.4 Å². The van der Waals surface area contributed by atoms with Gasteiger partial charge in [-0.05, 0) is 24.3 Å². The lowest BCUT2D eigenvalue weighted by atomic mass is 10.2. The van der Waals surface area contributed by atoms with E-state index in [1.807, 2.05) is 29.2 Å². The van der Waals surface area contributed by atoms with Crippen LogP contribution >= 0.6 is 0 Å². The van der Waals surface area contributed by atoms with Crippen molar-refractivity contribution in [3.05, 3.63) is 36.9 Å². The smallest absolute Gasteiger partial charge is 0.335 e. The molecule has 0 bridgehead atoms. The van der Waals surface area contributed by atoms with Gasteiger partial charge in [-0.15, -0.1) is 6.58 Å². The number of anilines is 1. The maximum absolute atomic E-state index is 12.2. The standard InChI is InChI=1S/C18H22N4O4/c1-3-8-21-16(23)17(24)22(18(21)25)13-19-9-11-20(12-10-19)14-4-6-15(26-2)7-5-14/h3-7H,1,8-13H2,2H3. The number of carbonyl (C=O) groups is 3. The maximum Gasteiger partial charge on any atom is 0.335 e. The Morgan fingerprint density at radius 1 is 1.00 bits per heavy atom. The second-order valence-electron chi connectivity index (χ2n) is 6.16. The number of nitrogens with zero attached hydrogens (tertiary/aromatic N) is 4. The van der Waals surface area contributed by atoms with Crippen LogP contribution in [0.1, 0.15) is 0 Å². The van der Waals surface area contributed by atoms with E-state index in [-0.39, 0.29) is 13.2 Å². The number of hydrogen-bond acceptors (Lipinski definition) is 6. The molecule has 1 aromatic carbocycles. The van der Waals surface area contributed by atoms with Gasteiger partial charge in [-0.25, -0.2) is 9.69 Å². The summed E-state index contributed by atoms with van der Waals surface area (Å²) in [6.45, 7) is 6.61. The summed E-state index contributed by atoms with van der Waals surface area (Å²) in [5.74, 6) is -0.742. The van der Waals surface area contributed by atoms with E-state index in [1.54, 1.807) is 7.11 Å². The normalized spacial score (nSPS) is 18.7. The summed E-state index contributed by atoms with van der Waals surface area (Å²) in [5, 5.41) is 0. The summed E-state index contributed by atoms with van der Waals surface area (Å²) < 4.78 is 5.17. The second kappa shape index (κ2) is 7.57. The van der Waals surface area contributed by atoms with Gasteiger partial charge in [0.1, 0.15) is 5.75 Å². The van der Waals surface area contributed by atoms with Crippen LogP contribution in [0.15, 0.2) is 36.9 Å². The monoisotopic (exact) mass is 358 g/mol. The van der Waals surface area contributed by atoms with Crippen molar-refractivity contribution in [2.45, 2.75) is 0 Å². The average molecular weight is 358 g/mol. The van der Waals surface area contributed by atoms with Crippen molar-refractivity contribution in [2.24, 2.45) is 0 Å². The molecule has 4 amide bonds. The Labute approximate surface area is 152 Å². The molecule has 2 heterocycles. The van der Waals surface area contributed by atoms with Crippen molar-refractivity contribution >= 4 is 23.5 Å². The van der Waals surface area contributed by atoms with Gasteiger partial charge in [-0.2, -0.15) is 0 Å². The van der Waals surface area contributed by atoms with Crippen LogP contribution in [0.25, 0.3) is 0 Å². The second-order valence-corrected chi connectivity index (χ2v) is 6.16. The van der Waals surface area contributed by atoms with E-state index in [0.29, 0.717) is 13.1 Å². The third kappa shape index (κ3) is 3.41. The van der Waals surface area contributed by atoms with Crippen LogP contribution in [0.4, 0.5) is 10.5 Å². The Hall–Kier alpha value is -2.87. The highest BCUT2D eigenvalue weighted by Crippen LogP contribution is 2.21. The van der Waals surface area contributed by atoms with E-state index in [4.69, 9.17) is 4.74 Å². The number of imide groups is 2. The molecule has 0 aliphatic carbocycles. The molecule has 0 atom stereocenters. The van der Waals surface area contributed by atoms with Crippen molar-refractivity contribution in [1.82, 2.24) is 14.7 Å². The lowest BCUT2D eigenvalue weighted by molar-refractivity contribution is -0.143. The summed E-state index contributed by atoms with van der Waals surface area (Å²) in [5.41, 5.74) is 1.10. The van der Waals surface area contributed by atoms with Gasteiger partial charge in [-0.3, -0.25) is 19.4 Å². The Morgan fingerprint density at radius 3 is 2.19 bits per heavy atom. The molecule has 2 aliphatic heterocycles. The highest BCUT2D eigenvalue weighted by molar-refractivity contribution is 6.44. The molecule has 8 heteroatoms. The van der Waals surface area contributed by atoms with Gasteiger partial charge in [0.15, 0.2) is 0 Å². The van der Waals surface area contributed by atoms with Crippen LogP contribution in [0.2, 0.25) is 0 Å². The average Bonchev–Trinajstić information content (AvgIpc) is 2.87. The number of amides is 4. The number of piperazine rings is 1. The quantitative estimate of drug-likeness (QED) is 0.425. The Balaban J connectivity index is 1.57. The summed E-state index contributed by atoms with van der Waals surface area (Å²) in [4.78, 5) is 42.3. The lowest BCUT2D eigenvalue weighted by Gasteiger charge is -2.37. The summed E-state index contributed by atoms with van der Waals surface area (Å²) >= 11 is 0. The van der Waals surface area contributed by atoms with Crippen LogP contribution in [0, 0.1) is 0 Å². The number of methoxy groups -OCH3 is 1. The SMILES string of the molecule is C=CCN1C(=O)C(=O)N(CN2CCN(c3ccc(OC)cc3)CC2)C1=O. The van der Waals surface area contributed by atoms with Crippen molar-refractivity contribution in [1.29, 1.82) is 0 Å². The minimum atomic E-state index is -0.785. The molecule has 138 valence electrons. The molecule has 0 unspecified atom stereocenters. The first-order chi connectivity index (χ1) is 12.5. The Morgan fingerprint density at radius 2 is 1.62 bits per heavy atom. The van der Waals surface area contributed by atoms with Gasteiger partial charge >= 0.3 is 17.8 Å². The van der Waals surface area contributed by atoms with Crippen molar-refractivity contribution in [3.8, 4) is 5.75 Å². The molecular weight excluding hydrogens is 336 g/mol. The topological polar surface area (TPSA) is 73.4 Å². The molecular formula is C18H22N4O4. The molecule has 0 saturated carbocycles. The van der Waals surface area contributed by atoms with Crippen molar-refractivity contribution < 1.29 is 19.1 Å². The fraction of sp³-hybridized carbons (Fsp3) is 0.389. The van der Waals surface area contributed by atoms with Crippen LogP contribution in [-0.4, -0.2) is 79.0 Å². The zero-order valence-corrected chi connectivity index (χ0v) is 14.8. The molecule has 0 N–H and O–H groups in total. The number of hydrogen-bond donors (Lipinski definition) is 0. The van der Waals surface area contributed by atoms with Crippen molar-refractivity contribution in [2.75, 3.05) is 51.4 Å². The van der Waals surface area contributed by atoms with Gasteiger partial charge in [0.25, 0.3) is 0 Å². The number of carbonyl (C=O) groups excluding carboxylic acids is 3. The van der Waals surface area contributed by atoms with Gasteiger partial charge < -0.3 is 9.64 Å². The first-order valence-electron chi connectivity index (χ1n) is 8.44. The van der Waals surface area contributed by atoms with E-state index < -0.39 is 17.8 Å². The predicted octanol–water partition coefficient (Wildman–Crippen LogP) is 0.751. The van der Waals surface area contributed by atoms with Gasteiger partial charge in [0.05, 0.1) is 13.8 Å². The fourth-order valence-electron chi connectivity index (χ4n) is 3.11. The van der Waals surface area contributed by atoms with Crippen molar-refractivity contribution in [3.63, 3.8) is 0 Å². The molecule has 26 heavy (non-hydrogen) atoms. The Kier molecular flexibility index (Phi) is 5.22. The molecule has 1 aromatic rings. The van der Waals surface area contributed by atoms with E-state index in [2.05, 4.69) is 11.5 Å². The van der Waals surface area contributed by atoms with Crippen LogP contribution < -0.4 is 9.64 Å². The minimum absolute atomic E-state index is 0.0468. The molecule has 3 rings (SSSR count). The molecule has 0 aromatic heterocycles. The first kappa shape index (κ1) is 17.9. The lowest BCUT2D eigenvalue weighted by Crippen LogP contribution is -2.51. The number of benzene rings is 1. The third-order valence-electron chi connectivity index (χ3n) is 4.60. The maximum atomic E-state index is 12.2. The molecule has 2 aliphatic rings. The molecule has 0 spiro atoms. The van der Waals surface area contributed by atoms with Crippen LogP contribution in [0.5, 0.6) is 5.75 Å². The van der Waals surface area contributed by atoms with E-state index >= 15 is 0 Å². The summed E-state index contributed by atoms with van der Waals surface area (Å²) in [6, 6.07) is 7.28. The number of rotatable bonds is 6.